The number of methoxy groups -OCH3 is 3. The third kappa shape index (κ3) is 3.23. The average Bonchev–Trinajstić information content (AvgIpc) is 2.68. The number of benzene rings is 1. The summed E-state index contributed by atoms with van der Waals surface area (Å²) < 4.78 is 45.5. The Kier molecular flexibility index (Phi) is 4.96. The van der Waals surface area contributed by atoms with Gasteiger partial charge in [-0.3, -0.25) is 4.98 Å². The summed E-state index contributed by atoms with van der Waals surface area (Å²) in [4.78, 5) is 11.0. The lowest BCUT2D eigenvalue weighted by molar-refractivity contribution is 0.0785. The van der Waals surface area contributed by atoms with E-state index in [0.29, 0.717) is 18.9 Å². The molecule has 4 rings (SSSR count). The molecule has 8 heteroatoms. The Labute approximate surface area is 167 Å². The lowest BCUT2D eigenvalue weighted by Crippen LogP contribution is -2.52. The van der Waals surface area contributed by atoms with Crippen molar-refractivity contribution in [2.75, 3.05) is 39.3 Å². The minimum absolute atomic E-state index is 0.101. The Morgan fingerprint density at radius 1 is 1.00 bits per heavy atom. The maximum absolute atomic E-state index is 15.0. The number of rotatable bonds is 5. The van der Waals surface area contributed by atoms with Crippen molar-refractivity contribution in [3.05, 3.63) is 41.7 Å². The van der Waals surface area contributed by atoms with Crippen LogP contribution in [0.4, 0.5) is 14.6 Å². The van der Waals surface area contributed by atoms with Gasteiger partial charge in [0.25, 0.3) is 0 Å². The lowest BCUT2D eigenvalue weighted by atomic mass is 10.0. The molecule has 1 fully saturated rings. The van der Waals surface area contributed by atoms with E-state index in [0.717, 1.165) is 16.5 Å². The van der Waals surface area contributed by atoms with E-state index in [2.05, 4.69) is 9.97 Å². The number of aromatic nitrogens is 2. The highest BCUT2D eigenvalue weighted by Crippen LogP contribution is 2.39. The molecule has 0 N–H and O–H groups in total. The zero-order valence-electron chi connectivity index (χ0n) is 16.6. The molecule has 0 aliphatic carbocycles. The van der Waals surface area contributed by atoms with Crippen LogP contribution in [0.15, 0.2) is 24.4 Å². The molecule has 29 heavy (non-hydrogen) atoms. The number of pyridine rings is 2. The molecule has 0 radical (unpaired) electrons. The molecule has 0 atom stereocenters. The monoisotopic (exact) mass is 401 g/mol. The Morgan fingerprint density at radius 2 is 1.66 bits per heavy atom. The van der Waals surface area contributed by atoms with Gasteiger partial charge in [0.15, 0.2) is 23.1 Å². The van der Waals surface area contributed by atoms with Gasteiger partial charge in [0, 0.05) is 48.9 Å². The molecule has 0 amide bonds. The number of fused-ring (bicyclic) bond motifs is 1. The van der Waals surface area contributed by atoms with E-state index in [-0.39, 0.29) is 28.9 Å². The molecule has 1 aromatic carbocycles. The Hall–Kier alpha value is -3.00. The van der Waals surface area contributed by atoms with Crippen LogP contribution in [-0.4, -0.2) is 50.5 Å². The fraction of sp³-hybridized carbons (Fsp3) is 0.333. The zero-order valence-corrected chi connectivity index (χ0v) is 16.6. The predicted octanol–water partition coefficient (Wildman–Crippen LogP) is 3.74. The number of hydrogen-bond donors (Lipinski definition) is 0. The molecular formula is C21H21F2N3O3. The van der Waals surface area contributed by atoms with Crippen LogP contribution in [-0.2, 0) is 4.74 Å². The van der Waals surface area contributed by atoms with E-state index in [1.807, 2.05) is 17.9 Å². The molecule has 1 saturated heterocycles. The zero-order chi connectivity index (χ0) is 20.7. The highest BCUT2D eigenvalue weighted by molar-refractivity contribution is 5.95. The van der Waals surface area contributed by atoms with Crippen molar-refractivity contribution in [1.29, 1.82) is 0 Å². The van der Waals surface area contributed by atoms with Gasteiger partial charge in [-0.1, -0.05) is 0 Å². The van der Waals surface area contributed by atoms with E-state index < -0.39 is 11.6 Å². The smallest absolute Gasteiger partial charge is 0.177 e. The van der Waals surface area contributed by atoms with E-state index in [9.17, 15) is 0 Å². The first-order valence-corrected chi connectivity index (χ1v) is 9.12. The van der Waals surface area contributed by atoms with Crippen molar-refractivity contribution in [3.8, 4) is 22.8 Å². The quantitative estimate of drug-likeness (QED) is 0.649. The van der Waals surface area contributed by atoms with Gasteiger partial charge in [0.1, 0.15) is 5.82 Å². The fourth-order valence-electron chi connectivity index (χ4n) is 3.47. The van der Waals surface area contributed by atoms with E-state index in [1.165, 1.54) is 20.3 Å². The second-order valence-corrected chi connectivity index (χ2v) is 6.92. The predicted molar refractivity (Wildman–Crippen MR) is 106 cm³/mol. The van der Waals surface area contributed by atoms with Gasteiger partial charge < -0.3 is 19.1 Å². The van der Waals surface area contributed by atoms with Crippen LogP contribution in [0.25, 0.3) is 22.0 Å². The van der Waals surface area contributed by atoms with Gasteiger partial charge in [-0.2, -0.15) is 0 Å². The summed E-state index contributed by atoms with van der Waals surface area (Å²) in [5, 5.41) is 1.60. The third-order valence-electron chi connectivity index (χ3n) is 5.14. The maximum atomic E-state index is 15.0. The van der Waals surface area contributed by atoms with Gasteiger partial charge in [-0.25, -0.2) is 13.8 Å². The molecule has 2 aromatic heterocycles. The van der Waals surface area contributed by atoms with Gasteiger partial charge in [0.2, 0.25) is 0 Å². The van der Waals surface area contributed by atoms with Crippen molar-refractivity contribution in [1.82, 2.24) is 9.97 Å². The molecule has 3 aromatic rings. The molecule has 6 nitrogen and oxygen atoms in total. The summed E-state index contributed by atoms with van der Waals surface area (Å²) in [5.74, 6) is -1.26. The number of nitrogens with zero attached hydrogens (tertiary/aromatic N) is 3. The lowest BCUT2D eigenvalue weighted by Gasteiger charge is -2.39. The number of anilines is 1. The summed E-state index contributed by atoms with van der Waals surface area (Å²) in [5.41, 5.74) is 0.678. The summed E-state index contributed by atoms with van der Waals surface area (Å²) in [6, 6.07) is 4.72. The number of ether oxygens (including phenoxy) is 3. The van der Waals surface area contributed by atoms with Gasteiger partial charge in [-0.15, -0.1) is 0 Å². The maximum Gasteiger partial charge on any atom is 0.177 e. The van der Waals surface area contributed by atoms with Gasteiger partial charge in [-0.05, 0) is 19.1 Å². The first-order chi connectivity index (χ1) is 14.0. The number of hydrogen-bond acceptors (Lipinski definition) is 6. The molecule has 3 heterocycles. The summed E-state index contributed by atoms with van der Waals surface area (Å²) >= 11 is 0. The van der Waals surface area contributed by atoms with Crippen molar-refractivity contribution < 1.29 is 23.0 Å². The van der Waals surface area contributed by atoms with Crippen molar-refractivity contribution >= 4 is 16.6 Å². The molecule has 0 bridgehead atoms. The molecule has 152 valence electrons. The van der Waals surface area contributed by atoms with Crippen molar-refractivity contribution in [2.45, 2.75) is 13.0 Å². The summed E-state index contributed by atoms with van der Waals surface area (Å²) in [6.07, 6.45) is 1.78. The van der Waals surface area contributed by atoms with Crippen LogP contribution in [0.5, 0.6) is 11.5 Å². The first-order valence-electron chi connectivity index (χ1n) is 9.12. The molecule has 0 saturated carbocycles. The Balaban J connectivity index is 1.95. The Bertz CT molecular complexity index is 1060. The van der Waals surface area contributed by atoms with Crippen LogP contribution in [0.1, 0.15) is 5.69 Å². The van der Waals surface area contributed by atoms with Crippen LogP contribution in [0, 0.1) is 18.6 Å². The summed E-state index contributed by atoms with van der Waals surface area (Å²) in [7, 11) is 4.29. The van der Waals surface area contributed by atoms with Crippen molar-refractivity contribution in [3.63, 3.8) is 0 Å². The second-order valence-electron chi connectivity index (χ2n) is 6.92. The molecule has 1 aliphatic heterocycles. The molecular weight excluding hydrogens is 380 g/mol. The highest BCUT2D eigenvalue weighted by Gasteiger charge is 2.30. The second kappa shape index (κ2) is 7.44. The van der Waals surface area contributed by atoms with E-state index in [1.54, 1.807) is 19.4 Å². The molecule has 0 unspecified atom stereocenters. The normalized spacial score (nSPS) is 14.2. The topological polar surface area (TPSA) is 56.7 Å². The summed E-state index contributed by atoms with van der Waals surface area (Å²) in [6.45, 7) is 3.18. The van der Waals surface area contributed by atoms with Gasteiger partial charge in [0.05, 0.1) is 31.6 Å². The standard InChI is InChI=1S/C21H21F2N3O3/c1-11-5-14-12(8-24-11)6-15(25-21(14)26-9-13(10-26)27-2)18-19(22)16(28-3)7-17(29-4)20(18)23/h5-8,13H,9-10H2,1-4H3. The van der Waals surface area contributed by atoms with Crippen molar-refractivity contribution in [2.24, 2.45) is 0 Å². The third-order valence-corrected chi connectivity index (χ3v) is 5.14. The SMILES string of the molecule is COc1cc(OC)c(F)c(-c2cc3cnc(C)cc3c(N3CC(OC)C3)n2)c1F. The largest absolute Gasteiger partial charge is 0.494 e. The van der Waals surface area contributed by atoms with E-state index >= 15 is 8.78 Å². The number of aryl methyl sites for hydroxylation is 1. The van der Waals surface area contributed by atoms with Crippen LogP contribution < -0.4 is 14.4 Å². The van der Waals surface area contributed by atoms with E-state index in [4.69, 9.17) is 14.2 Å². The minimum atomic E-state index is -0.831. The van der Waals surface area contributed by atoms with Crippen LogP contribution in [0.3, 0.4) is 0 Å². The molecule has 0 spiro atoms. The Morgan fingerprint density at radius 3 is 2.24 bits per heavy atom. The first kappa shape index (κ1) is 19.3. The number of halogens is 2. The highest BCUT2D eigenvalue weighted by atomic mass is 19.1. The van der Waals surface area contributed by atoms with Crippen LogP contribution >= 0.6 is 0 Å². The molecule has 1 aliphatic rings. The van der Waals surface area contributed by atoms with Crippen LogP contribution in [0.2, 0.25) is 0 Å². The minimum Gasteiger partial charge on any atom is -0.494 e. The average molecular weight is 401 g/mol. The fourth-order valence-corrected chi connectivity index (χ4v) is 3.47. The van der Waals surface area contributed by atoms with Gasteiger partial charge >= 0.3 is 0 Å².